The molecule has 0 atom stereocenters. The summed E-state index contributed by atoms with van der Waals surface area (Å²) >= 11 is 0. The van der Waals surface area contributed by atoms with Gasteiger partial charge in [0, 0.05) is 12.6 Å². The molecule has 13 heavy (non-hydrogen) atoms. The largest absolute Gasteiger partial charge is 0.469 e. The van der Waals surface area contributed by atoms with Crippen molar-refractivity contribution in [3.05, 3.63) is 0 Å². The van der Waals surface area contributed by atoms with E-state index in [4.69, 9.17) is 0 Å². The van der Waals surface area contributed by atoms with Crippen molar-refractivity contribution in [1.29, 1.82) is 0 Å². The fourth-order valence-corrected chi connectivity index (χ4v) is 1.00. The highest BCUT2D eigenvalue weighted by Gasteiger charge is 1.98. The second-order valence-electron chi connectivity index (χ2n) is 2.49. The number of sulfonamides is 1. The Hall–Kier alpha value is -0.910. The van der Waals surface area contributed by atoms with Gasteiger partial charge in [0.2, 0.25) is 10.0 Å². The molecule has 0 fully saturated rings. The molecule has 0 radical (unpaired) electrons. The van der Waals surface area contributed by atoms with Gasteiger partial charge in [0.05, 0.1) is 13.4 Å². The van der Waals surface area contributed by atoms with Crippen molar-refractivity contribution in [1.82, 2.24) is 0 Å². The van der Waals surface area contributed by atoms with Crippen LogP contribution in [-0.2, 0) is 19.6 Å². The predicted molar refractivity (Wildman–Crippen MR) is 49.2 cm³/mol. The number of carbonyl (C=O) groups is 1. The van der Waals surface area contributed by atoms with Crippen LogP contribution in [0, 0.1) is 0 Å². The number of hydrogen-bond donors (Lipinski definition) is 0. The van der Waals surface area contributed by atoms with Crippen molar-refractivity contribution in [3.63, 3.8) is 0 Å². The van der Waals surface area contributed by atoms with Gasteiger partial charge in [-0.05, 0) is 12.8 Å². The summed E-state index contributed by atoms with van der Waals surface area (Å²) in [6, 6.07) is 0. The second-order valence-corrected chi connectivity index (χ2v) is 4.17. The molecule has 0 saturated carbocycles. The first-order chi connectivity index (χ1) is 5.95. The third-order valence-corrected chi connectivity index (χ3v) is 1.74. The summed E-state index contributed by atoms with van der Waals surface area (Å²) in [5, 5.41) is 0. The van der Waals surface area contributed by atoms with Crippen molar-refractivity contribution in [3.8, 4) is 0 Å². The number of unbranched alkanes of at least 4 members (excludes halogenated alkanes) is 1. The molecule has 0 heterocycles. The molecule has 0 unspecified atom stereocenters. The molecule has 0 spiro atoms. The van der Waals surface area contributed by atoms with E-state index in [1.54, 1.807) is 0 Å². The Morgan fingerprint density at radius 3 is 2.62 bits per heavy atom. The average Bonchev–Trinajstić information content (AvgIpc) is 2.01. The molecule has 0 aromatic heterocycles. The maximum atomic E-state index is 10.6. The predicted octanol–water partition coefficient (Wildman–Crippen LogP) is 0.360. The topological polar surface area (TPSA) is 72.8 Å². The van der Waals surface area contributed by atoms with Gasteiger partial charge in [0.25, 0.3) is 0 Å². The monoisotopic (exact) mass is 207 g/mol. The Kier molecular flexibility index (Phi) is 5.29. The van der Waals surface area contributed by atoms with Crippen LogP contribution in [0.25, 0.3) is 0 Å². The molecule has 0 amide bonds. The van der Waals surface area contributed by atoms with Crippen LogP contribution >= 0.6 is 0 Å². The molecular weight excluding hydrogens is 194 g/mol. The molecule has 0 rings (SSSR count). The molecule has 0 aromatic carbocycles. The number of ether oxygens (including phenoxy) is 1. The zero-order valence-electron chi connectivity index (χ0n) is 7.69. The number of hydrogen-bond acceptors (Lipinski definition) is 4. The minimum absolute atomic E-state index is 0.284. The van der Waals surface area contributed by atoms with Crippen LogP contribution in [0.3, 0.4) is 0 Å². The van der Waals surface area contributed by atoms with Gasteiger partial charge in [-0.25, -0.2) is 8.42 Å². The van der Waals surface area contributed by atoms with Gasteiger partial charge in [0.15, 0.2) is 0 Å². The lowest BCUT2D eigenvalue weighted by molar-refractivity contribution is -0.140. The first kappa shape index (κ1) is 12.1. The SMILES string of the molecule is COC(=O)CCCC=NS(C)(=O)=O. The van der Waals surface area contributed by atoms with Crippen molar-refractivity contribution < 1.29 is 17.9 Å². The van der Waals surface area contributed by atoms with Gasteiger partial charge in [-0.2, -0.15) is 4.40 Å². The molecule has 5 nitrogen and oxygen atoms in total. The summed E-state index contributed by atoms with van der Waals surface area (Å²) in [6.07, 6.45) is 3.60. The number of carbonyl (C=O) groups excluding carboxylic acids is 1. The molecule has 0 saturated heterocycles. The molecule has 0 aliphatic carbocycles. The van der Waals surface area contributed by atoms with E-state index in [1.165, 1.54) is 13.3 Å². The molecular formula is C7H13NO4S. The standard InChI is InChI=1S/C7H13NO4S/c1-12-7(9)5-3-4-6-8-13(2,10)11/h6H,3-5H2,1-2H3. The highest BCUT2D eigenvalue weighted by atomic mass is 32.2. The van der Waals surface area contributed by atoms with Crippen LogP contribution in [0.1, 0.15) is 19.3 Å². The first-order valence-corrected chi connectivity index (χ1v) is 5.61. The lowest BCUT2D eigenvalue weighted by atomic mass is 10.2. The van der Waals surface area contributed by atoms with Crippen LogP contribution in [0.5, 0.6) is 0 Å². The Morgan fingerprint density at radius 2 is 2.15 bits per heavy atom. The van der Waals surface area contributed by atoms with Crippen LogP contribution in [0.4, 0.5) is 0 Å². The average molecular weight is 207 g/mol. The van der Waals surface area contributed by atoms with Crippen LogP contribution in [0.2, 0.25) is 0 Å². The van der Waals surface area contributed by atoms with Crippen molar-refractivity contribution in [2.45, 2.75) is 19.3 Å². The van der Waals surface area contributed by atoms with E-state index in [0.717, 1.165) is 6.26 Å². The Labute approximate surface area is 77.9 Å². The van der Waals surface area contributed by atoms with Crippen molar-refractivity contribution >= 4 is 22.2 Å². The lowest BCUT2D eigenvalue weighted by Crippen LogP contribution is -1.99. The number of methoxy groups -OCH3 is 1. The van der Waals surface area contributed by atoms with Crippen molar-refractivity contribution in [2.24, 2.45) is 4.40 Å². The van der Waals surface area contributed by atoms with Gasteiger partial charge in [0.1, 0.15) is 0 Å². The van der Waals surface area contributed by atoms with E-state index in [0.29, 0.717) is 12.8 Å². The summed E-state index contributed by atoms with van der Waals surface area (Å²) in [5.41, 5.74) is 0. The van der Waals surface area contributed by atoms with E-state index in [2.05, 4.69) is 9.13 Å². The molecule has 6 heteroatoms. The summed E-state index contributed by atoms with van der Waals surface area (Å²) in [6.45, 7) is 0. The van der Waals surface area contributed by atoms with Gasteiger partial charge < -0.3 is 4.74 Å². The summed E-state index contributed by atoms with van der Waals surface area (Å²) < 4.78 is 28.7. The quantitative estimate of drug-likeness (QED) is 0.370. The van der Waals surface area contributed by atoms with E-state index in [1.807, 2.05) is 0 Å². The maximum Gasteiger partial charge on any atom is 0.305 e. The van der Waals surface area contributed by atoms with Crippen LogP contribution in [-0.4, -0.2) is 34.0 Å². The first-order valence-electron chi connectivity index (χ1n) is 3.76. The summed E-state index contributed by atoms with van der Waals surface area (Å²) in [5.74, 6) is -0.298. The maximum absolute atomic E-state index is 10.6. The van der Waals surface area contributed by atoms with E-state index >= 15 is 0 Å². The zero-order chi connectivity index (χ0) is 10.3. The van der Waals surface area contributed by atoms with Crippen molar-refractivity contribution in [2.75, 3.05) is 13.4 Å². The van der Waals surface area contributed by atoms with E-state index in [9.17, 15) is 13.2 Å². The van der Waals surface area contributed by atoms with E-state index in [-0.39, 0.29) is 12.4 Å². The smallest absolute Gasteiger partial charge is 0.305 e. The fraction of sp³-hybridized carbons (Fsp3) is 0.714. The number of nitrogens with zero attached hydrogens (tertiary/aromatic N) is 1. The normalized spacial score (nSPS) is 11.8. The highest BCUT2D eigenvalue weighted by molar-refractivity contribution is 7.89. The summed E-state index contributed by atoms with van der Waals surface area (Å²) in [7, 11) is -1.96. The Balaban J connectivity index is 3.58. The Morgan fingerprint density at radius 1 is 1.54 bits per heavy atom. The second kappa shape index (κ2) is 5.69. The van der Waals surface area contributed by atoms with E-state index < -0.39 is 10.0 Å². The third-order valence-electron chi connectivity index (χ3n) is 1.21. The number of rotatable bonds is 5. The summed E-state index contributed by atoms with van der Waals surface area (Å²) in [4.78, 5) is 10.6. The van der Waals surface area contributed by atoms with Gasteiger partial charge in [-0.15, -0.1) is 0 Å². The molecule has 0 N–H and O–H groups in total. The van der Waals surface area contributed by atoms with Gasteiger partial charge in [-0.1, -0.05) is 0 Å². The minimum atomic E-state index is -3.28. The molecule has 0 aliphatic rings. The molecule has 0 aliphatic heterocycles. The highest BCUT2D eigenvalue weighted by Crippen LogP contribution is 1.95. The van der Waals surface area contributed by atoms with Crippen LogP contribution in [0.15, 0.2) is 4.40 Å². The van der Waals surface area contributed by atoms with Gasteiger partial charge in [-0.3, -0.25) is 4.79 Å². The number of esters is 1. The minimum Gasteiger partial charge on any atom is -0.469 e. The Bertz CT molecular complexity index is 281. The third kappa shape index (κ3) is 9.00. The molecule has 0 aromatic rings. The fourth-order valence-electron chi connectivity index (χ4n) is 0.628. The lowest BCUT2D eigenvalue weighted by Gasteiger charge is -1.94. The molecule has 76 valence electrons. The van der Waals surface area contributed by atoms with Crippen LogP contribution < -0.4 is 0 Å². The zero-order valence-corrected chi connectivity index (χ0v) is 8.50. The molecule has 0 bridgehead atoms. The van der Waals surface area contributed by atoms with Gasteiger partial charge >= 0.3 is 5.97 Å².